The Hall–Kier alpha value is -4.61. The molecule has 49 heavy (non-hydrogen) atoms. The number of nitrogens with one attached hydrogen (secondary N) is 1. The van der Waals surface area contributed by atoms with E-state index in [1.807, 2.05) is 63.6 Å². The van der Waals surface area contributed by atoms with Gasteiger partial charge in [-0.1, -0.05) is 69.3 Å². The number of amides is 1. The molecule has 256 valence electrons. The summed E-state index contributed by atoms with van der Waals surface area (Å²) >= 11 is 0. The smallest absolute Gasteiger partial charge is 0.247 e. The Morgan fingerprint density at radius 2 is 1.86 bits per heavy atom. The number of sulfonamides is 1. The lowest BCUT2D eigenvalue weighted by atomic mass is 9.69. The number of carbonyl (C=O) groups is 1. The quantitative estimate of drug-likeness (QED) is 0.169. The second kappa shape index (κ2) is 13.7. The molecule has 1 aliphatic heterocycles. The zero-order chi connectivity index (χ0) is 34.9. The molecular weight excluding hydrogens is 637 g/mol. The maximum absolute atomic E-state index is 14.2. The first-order valence-electron chi connectivity index (χ1n) is 16.8. The molecular formula is C38H44N6O4S. The maximum atomic E-state index is 14.2. The van der Waals surface area contributed by atoms with Gasteiger partial charge in [0.15, 0.2) is 0 Å². The fourth-order valence-corrected chi connectivity index (χ4v) is 8.32. The van der Waals surface area contributed by atoms with Crippen molar-refractivity contribution in [2.24, 2.45) is 5.41 Å². The topological polar surface area (TPSA) is 119 Å². The Morgan fingerprint density at radius 3 is 2.59 bits per heavy atom. The molecule has 0 bridgehead atoms. The molecule has 5 aromatic rings. The number of pyridine rings is 1. The molecule has 0 saturated carbocycles. The Bertz CT molecular complexity index is 2090. The van der Waals surface area contributed by atoms with E-state index in [9.17, 15) is 13.2 Å². The SMILES string of the molecule is CCCn1nnc2c(C)c([C@H](c3ccc(C)c(CN4C[C@@H](CC)Oc5ccccc5S4(=O)=O)c3)C(C)(C)C(=O)Nc3cccnc3)ccc21. The minimum atomic E-state index is -3.85. The third kappa shape index (κ3) is 6.57. The van der Waals surface area contributed by atoms with E-state index in [0.717, 1.165) is 51.8 Å². The number of rotatable bonds is 10. The van der Waals surface area contributed by atoms with Crippen LogP contribution in [0.4, 0.5) is 5.69 Å². The molecule has 3 heterocycles. The average molecular weight is 681 g/mol. The highest BCUT2D eigenvalue weighted by Crippen LogP contribution is 2.45. The first-order valence-corrected chi connectivity index (χ1v) is 18.3. The molecule has 1 amide bonds. The van der Waals surface area contributed by atoms with Crippen molar-refractivity contribution in [3.63, 3.8) is 0 Å². The summed E-state index contributed by atoms with van der Waals surface area (Å²) < 4.78 is 37.7. The average Bonchev–Trinajstić information content (AvgIpc) is 3.46. The number of carbonyl (C=O) groups excluding carboxylic acids is 1. The van der Waals surface area contributed by atoms with Crippen LogP contribution in [0.1, 0.15) is 74.3 Å². The van der Waals surface area contributed by atoms with Gasteiger partial charge >= 0.3 is 0 Å². The van der Waals surface area contributed by atoms with Crippen molar-refractivity contribution in [3.05, 3.63) is 107 Å². The molecule has 0 aliphatic carbocycles. The largest absolute Gasteiger partial charge is 0.488 e. The third-order valence-corrected chi connectivity index (χ3v) is 11.5. The number of ether oxygens (including phenoxy) is 1. The Labute approximate surface area is 288 Å². The number of hydrogen-bond acceptors (Lipinski definition) is 7. The Kier molecular flexibility index (Phi) is 9.59. The lowest BCUT2D eigenvalue weighted by molar-refractivity contribution is -0.124. The Balaban J connectivity index is 1.46. The van der Waals surface area contributed by atoms with Crippen LogP contribution in [0.5, 0.6) is 5.75 Å². The molecule has 0 fully saturated rings. The molecule has 10 nitrogen and oxygen atoms in total. The van der Waals surface area contributed by atoms with Crippen molar-refractivity contribution in [2.75, 3.05) is 11.9 Å². The zero-order valence-electron chi connectivity index (χ0n) is 29.0. The molecule has 2 aromatic heterocycles. The number of para-hydroxylation sites is 1. The number of hydrogen-bond donors (Lipinski definition) is 1. The second-order valence-corrected chi connectivity index (χ2v) is 15.3. The summed E-state index contributed by atoms with van der Waals surface area (Å²) in [6.45, 7) is 13.2. The van der Waals surface area contributed by atoms with E-state index in [-0.39, 0.29) is 30.0 Å². The normalized spacial score (nSPS) is 16.8. The Morgan fingerprint density at radius 1 is 1.06 bits per heavy atom. The zero-order valence-corrected chi connectivity index (χ0v) is 29.8. The number of nitrogens with zero attached hydrogens (tertiary/aromatic N) is 5. The molecule has 1 aliphatic rings. The van der Waals surface area contributed by atoms with Gasteiger partial charge in [0.05, 0.1) is 29.4 Å². The van der Waals surface area contributed by atoms with Crippen LogP contribution < -0.4 is 10.1 Å². The number of aryl methyl sites for hydroxylation is 3. The van der Waals surface area contributed by atoms with E-state index in [2.05, 4.69) is 39.7 Å². The van der Waals surface area contributed by atoms with Gasteiger partial charge < -0.3 is 10.1 Å². The summed E-state index contributed by atoms with van der Waals surface area (Å²) in [4.78, 5) is 18.5. The first kappa shape index (κ1) is 34.3. The van der Waals surface area contributed by atoms with Gasteiger partial charge in [-0.2, -0.15) is 4.31 Å². The van der Waals surface area contributed by atoms with Crippen LogP contribution in [0.15, 0.2) is 84.0 Å². The van der Waals surface area contributed by atoms with Gasteiger partial charge in [0.25, 0.3) is 0 Å². The van der Waals surface area contributed by atoms with Crippen molar-refractivity contribution < 1.29 is 17.9 Å². The van der Waals surface area contributed by atoms with E-state index >= 15 is 0 Å². The number of benzene rings is 3. The van der Waals surface area contributed by atoms with E-state index in [4.69, 9.17) is 4.74 Å². The van der Waals surface area contributed by atoms with E-state index in [0.29, 0.717) is 17.9 Å². The van der Waals surface area contributed by atoms with Gasteiger partial charge in [-0.25, -0.2) is 13.1 Å². The van der Waals surface area contributed by atoms with Crippen LogP contribution in [0.3, 0.4) is 0 Å². The number of fused-ring (bicyclic) bond motifs is 2. The summed E-state index contributed by atoms with van der Waals surface area (Å²) in [6.07, 6.45) is 4.59. The van der Waals surface area contributed by atoms with Crippen LogP contribution >= 0.6 is 0 Å². The predicted octanol–water partition coefficient (Wildman–Crippen LogP) is 7.01. The van der Waals surface area contributed by atoms with Crippen LogP contribution in [0, 0.1) is 19.3 Å². The van der Waals surface area contributed by atoms with Gasteiger partial charge in [0, 0.05) is 25.2 Å². The highest BCUT2D eigenvalue weighted by Gasteiger charge is 2.41. The van der Waals surface area contributed by atoms with Crippen molar-refractivity contribution in [2.45, 2.75) is 84.4 Å². The summed E-state index contributed by atoms with van der Waals surface area (Å²) in [6, 6.07) is 20.7. The first-order chi connectivity index (χ1) is 23.4. The highest BCUT2D eigenvalue weighted by molar-refractivity contribution is 7.89. The molecule has 6 rings (SSSR count). The predicted molar refractivity (Wildman–Crippen MR) is 191 cm³/mol. The molecule has 0 saturated heterocycles. The van der Waals surface area contributed by atoms with Crippen LogP contribution in [-0.2, 0) is 27.9 Å². The minimum Gasteiger partial charge on any atom is -0.488 e. The fourth-order valence-electron chi connectivity index (χ4n) is 6.75. The van der Waals surface area contributed by atoms with E-state index < -0.39 is 21.4 Å². The third-order valence-electron chi connectivity index (χ3n) is 9.63. The molecule has 2 atom stereocenters. The number of anilines is 1. The monoisotopic (exact) mass is 680 g/mol. The van der Waals surface area contributed by atoms with Gasteiger partial charge in [0.2, 0.25) is 15.9 Å². The van der Waals surface area contributed by atoms with E-state index in [1.165, 1.54) is 4.31 Å². The standard InChI is InChI=1S/C38H44N6O4S/c1-7-20-44-32-18-17-31(26(4)36(32)41-42-44)35(38(5,6)37(45)40-29-12-11-19-39-22-29)27-16-15-25(3)28(21-27)23-43-24-30(8-2)48-33-13-9-10-14-34(33)49(43,46)47/h9-19,21-22,30,35H,7-8,20,23-24H2,1-6H3,(H,40,45)/t30-,35+/m1/s1. The molecule has 3 aromatic carbocycles. The lowest BCUT2D eigenvalue weighted by Gasteiger charge is -2.35. The van der Waals surface area contributed by atoms with Crippen LogP contribution in [-0.4, -0.2) is 51.3 Å². The highest BCUT2D eigenvalue weighted by atomic mass is 32.2. The van der Waals surface area contributed by atoms with E-state index in [1.54, 1.807) is 42.7 Å². The summed E-state index contributed by atoms with van der Waals surface area (Å²) in [7, 11) is -3.85. The number of aromatic nitrogens is 4. The second-order valence-electron chi connectivity index (χ2n) is 13.4. The summed E-state index contributed by atoms with van der Waals surface area (Å²) in [5.74, 6) is -0.209. The fraction of sp³-hybridized carbons (Fsp3) is 0.368. The van der Waals surface area contributed by atoms with Gasteiger partial charge in [-0.3, -0.25) is 9.78 Å². The summed E-state index contributed by atoms with van der Waals surface area (Å²) in [5.41, 5.74) is 6.00. The lowest BCUT2D eigenvalue weighted by Crippen LogP contribution is -2.38. The van der Waals surface area contributed by atoms with Crippen LogP contribution in [0.2, 0.25) is 0 Å². The molecule has 0 radical (unpaired) electrons. The van der Waals surface area contributed by atoms with Crippen molar-refractivity contribution in [1.29, 1.82) is 0 Å². The van der Waals surface area contributed by atoms with Crippen LogP contribution in [0.25, 0.3) is 11.0 Å². The minimum absolute atomic E-state index is 0.161. The van der Waals surface area contributed by atoms with Gasteiger partial charge in [-0.15, -0.1) is 5.10 Å². The van der Waals surface area contributed by atoms with Crippen molar-refractivity contribution in [3.8, 4) is 5.75 Å². The van der Waals surface area contributed by atoms with Crippen molar-refractivity contribution in [1.82, 2.24) is 24.3 Å². The van der Waals surface area contributed by atoms with Gasteiger partial charge in [-0.05, 0) is 84.8 Å². The summed E-state index contributed by atoms with van der Waals surface area (Å²) in [5, 5.41) is 12.1. The molecule has 0 unspecified atom stereocenters. The molecule has 0 spiro atoms. The van der Waals surface area contributed by atoms with Gasteiger partial charge in [0.1, 0.15) is 22.3 Å². The molecule has 11 heteroatoms. The molecule has 1 N–H and O–H groups in total. The van der Waals surface area contributed by atoms with Crippen molar-refractivity contribution >= 4 is 32.7 Å². The maximum Gasteiger partial charge on any atom is 0.247 e.